The first kappa shape index (κ1) is 17.7. The van der Waals surface area contributed by atoms with Crippen molar-refractivity contribution >= 4 is 17.5 Å². The van der Waals surface area contributed by atoms with E-state index in [1.807, 2.05) is 0 Å². The number of halogens is 3. The molecule has 1 heterocycles. The van der Waals surface area contributed by atoms with Crippen LogP contribution in [0.1, 0.15) is 15.9 Å². The molecular weight excluding hydrogens is 325 g/mol. The van der Waals surface area contributed by atoms with Crippen LogP contribution < -0.4 is 10.6 Å². The number of nitrogens with zero attached hydrogens (tertiary/aromatic N) is 2. The first-order valence-corrected chi connectivity index (χ1v) is 6.94. The summed E-state index contributed by atoms with van der Waals surface area (Å²) in [6, 6.07) is 5.00. The SMILES string of the molecule is COCCNC(=O)c1cnc(Nc2ccccc2C(F)(F)F)nc1. The van der Waals surface area contributed by atoms with E-state index in [0.717, 1.165) is 6.07 Å². The van der Waals surface area contributed by atoms with E-state index in [1.54, 1.807) is 0 Å². The van der Waals surface area contributed by atoms with Gasteiger partial charge in [-0.05, 0) is 12.1 Å². The third-order valence-electron chi connectivity index (χ3n) is 2.98. The van der Waals surface area contributed by atoms with Gasteiger partial charge in [0.15, 0.2) is 0 Å². The van der Waals surface area contributed by atoms with Crippen molar-refractivity contribution in [3.63, 3.8) is 0 Å². The lowest BCUT2D eigenvalue weighted by atomic mass is 10.1. The molecule has 1 aromatic carbocycles. The Morgan fingerprint density at radius 1 is 1.21 bits per heavy atom. The van der Waals surface area contributed by atoms with Crippen molar-refractivity contribution in [3.8, 4) is 0 Å². The molecule has 1 amide bonds. The van der Waals surface area contributed by atoms with Crippen LogP contribution in [0.15, 0.2) is 36.7 Å². The Morgan fingerprint density at radius 2 is 1.88 bits per heavy atom. The number of rotatable bonds is 6. The van der Waals surface area contributed by atoms with Gasteiger partial charge in [-0.2, -0.15) is 13.2 Å². The molecule has 2 N–H and O–H groups in total. The van der Waals surface area contributed by atoms with E-state index in [9.17, 15) is 18.0 Å². The summed E-state index contributed by atoms with van der Waals surface area (Å²) in [5.41, 5.74) is -0.793. The summed E-state index contributed by atoms with van der Waals surface area (Å²) in [7, 11) is 1.51. The van der Waals surface area contributed by atoms with E-state index < -0.39 is 17.6 Å². The Morgan fingerprint density at radius 3 is 2.50 bits per heavy atom. The number of methoxy groups -OCH3 is 1. The van der Waals surface area contributed by atoms with Crippen LogP contribution >= 0.6 is 0 Å². The number of amides is 1. The molecule has 0 aliphatic rings. The Labute approximate surface area is 136 Å². The molecule has 1 aromatic heterocycles. The number of carbonyl (C=O) groups excluding carboxylic acids is 1. The summed E-state index contributed by atoms with van der Waals surface area (Å²) >= 11 is 0. The molecule has 0 unspecified atom stereocenters. The standard InChI is InChI=1S/C15H15F3N4O2/c1-24-7-6-19-13(23)10-8-20-14(21-9-10)22-12-5-3-2-4-11(12)15(16,17)18/h2-5,8-9H,6-7H2,1H3,(H,19,23)(H,20,21,22). The van der Waals surface area contributed by atoms with E-state index in [0.29, 0.717) is 13.2 Å². The van der Waals surface area contributed by atoms with Gasteiger partial charge in [-0.25, -0.2) is 9.97 Å². The Balaban J connectivity index is 2.09. The number of nitrogens with one attached hydrogen (secondary N) is 2. The maximum atomic E-state index is 12.9. The molecule has 0 spiro atoms. The van der Waals surface area contributed by atoms with Crippen LogP contribution in [0.5, 0.6) is 0 Å². The number of para-hydroxylation sites is 1. The zero-order valence-electron chi connectivity index (χ0n) is 12.7. The third kappa shape index (κ3) is 4.66. The van der Waals surface area contributed by atoms with Crippen LogP contribution in [0.4, 0.5) is 24.8 Å². The van der Waals surface area contributed by atoms with Gasteiger partial charge in [0.2, 0.25) is 5.95 Å². The molecule has 2 rings (SSSR count). The molecule has 6 nitrogen and oxygen atoms in total. The number of carbonyl (C=O) groups is 1. The van der Waals surface area contributed by atoms with E-state index in [-0.39, 0.29) is 17.2 Å². The van der Waals surface area contributed by atoms with Crippen molar-refractivity contribution in [1.29, 1.82) is 0 Å². The second-order valence-corrected chi connectivity index (χ2v) is 4.71. The number of aromatic nitrogens is 2. The highest BCUT2D eigenvalue weighted by Gasteiger charge is 2.33. The molecule has 0 bridgehead atoms. The van der Waals surface area contributed by atoms with Gasteiger partial charge in [-0.3, -0.25) is 4.79 Å². The molecule has 0 saturated heterocycles. The lowest BCUT2D eigenvalue weighted by molar-refractivity contribution is -0.136. The first-order valence-electron chi connectivity index (χ1n) is 6.94. The van der Waals surface area contributed by atoms with Crippen LogP contribution in [0.2, 0.25) is 0 Å². The van der Waals surface area contributed by atoms with Crippen molar-refractivity contribution < 1.29 is 22.7 Å². The fourth-order valence-corrected chi connectivity index (χ4v) is 1.84. The van der Waals surface area contributed by atoms with Gasteiger partial charge in [0, 0.05) is 26.0 Å². The van der Waals surface area contributed by atoms with Gasteiger partial charge < -0.3 is 15.4 Å². The second-order valence-electron chi connectivity index (χ2n) is 4.71. The van der Waals surface area contributed by atoms with E-state index in [4.69, 9.17) is 4.74 Å². The number of alkyl halides is 3. The minimum absolute atomic E-state index is 0.0415. The number of anilines is 2. The Kier molecular flexibility index (Phi) is 5.69. The Hall–Kier alpha value is -2.68. The minimum atomic E-state index is -4.50. The van der Waals surface area contributed by atoms with Gasteiger partial charge in [-0.1, -0.05) is 12.1 Å². The second kappa shape index (κ2) is 7.73. The van der Waals surface area contributed by atoms with Crippen molar-refractivity contribution in [2.75, 3.05) is 25.6 Å². The molecule has 0 saturated carbocycles. The molecule has 128 valence electrons. The van der Waals surface area contributed by atoms with Gasteiger partial charge in [0.05, 0.1) is 23.4 Å². The largest absolute Gasteiger partial charge is 0.418 e. The summed E-state index contributed by atoms with van der Waals surface area (Å²) in [4.78, 5) is 19.5. The third-order valence-corrected chi connectivity index (χ3v) is 2.98. The average molecular weight is 340 g/mol. The molecular formula is C15H15F3N4O2. The first-order chi connectivity index (χ1) is 11.4. The fourth-order valence-electron chi connectivity index (χ4n) is 1.84. The lowest BCUT2D eigenvalue weighted by Gasteiger charge is -2.13. The van der Waals surface area contributed by atoms with Crippen molar-refractivity contribution in [2.24, 2.45) is 0 Å². The van der Waals surface area contributed by atoms with Crippen LogP contribution in [-0.2, 0) is 10.9 Å². The van der Waals surface area contributed by atoms with E-state index in [1.165, 1.54) is 37.7 Å². The molecule has 2 aromatic rings. The van der Waals surface area contributed by atoms with E-state index in [2.05, 4.69) is 20.6 Å². The summed E-state index contributed by atoms with van der Waals surface area (Å²) in [6.07, 6.45) is -2.04. The molecule has 0 atom stereocenters. The Bertz CT molecular complexity index is 690. The molecule has 0 aliphatic carbocycles. The van der Waals surface area contributed by atoms with Crippen molar-refractivity contribution in [3.05, 3.63) is 47.8 Å². The summed E-state index contributed by atoms with van der Waals surface area (Å²) in [5, 5.41) is 5.09. The van der Waals surface area contributed by atoms with Crippen molar-refractivity contribution in [2.45, 2.75) is 6.18 Å². The monoisotopic (exact) mass is 340 g/mol. The van der Waals surface area contributed by atoms with Gasteiger partial charge >= 0.3 is 6.18 Å². The number of hydrogen-bond acceptors (Lipinski definition) is 5. The zero-order valence-corrected chi connectivity index (χ0v) is 12.7. The molecule has 0 aliphatic heterocycles. The highest BCUT2D eigenvalue weighted by atomic mass is 19.4. The normalized spacial score (nSPS) is 11.2. The zero-order chi connectivity index (χ0) is 17.6. The fraction of sp³-hybridized carbons (Fsp3) is 0.267. The molecule has 0 fully saturated rings. The maximum Gasteiger partial charge on any atom is 0.418 e. The lowest BCUT2D eigenvalue weighted by Crippen LogP contribution is -2.27. The van der Waals surface area contributed by atoms with Crippen LogP contribution in [0.3, 0.4) is 0 Å². The highest BCUT2D eigenvalue weighted by Crippen LogP contribution is 2.35. The summed E-state index contributed by atoms with van der Waals surface area (Å²) in [5.74, 6) is -0.436. The van der Waals surface area contributed by atoms with Gasteiger partial charge in [0.1, 0.15) is 0 Å². The number of ether oxygens (including phenoxy) is 1. The smallest absolute Gasteiger partial charge is 0.383 e. The van der Waals surface area contributed by atoms with Gasteiger partial charge in [0.25, 0.3) is 5.91 Å². The van der Waals surface area contributed by atoms with Crippen LogP contribution in [-0.4, -0.2) is 36.1 Å². The van der Waals surface area contributed by atoms with Crippen molar-refractivity contribution in [1.82, 2.24) is 15.3 Å². The highest BCUT2D eigenvalue weighted by molar-refractivity contribution is 5.93. The summed E-state index contributed by atoms with van der Waals surface area (Å²) in [6.45, 7) is 0.689. The van der Waals surface area contributed by atoms with Gasteiger partial charge in [-0.15, -0.1) is 0 Å². The number of hydrogen-bond donors (Lipinski definition) is 2. The predicted molar refractivity (Wildman–Crippen MR) is 81.0 cm³/mol. The number of benzene rings is 1. The van der Waals surface area contributed by atoms with Crippen LogP contribution in [0.25, 0.3) is 0 Å². The molecule has 9 heteroatoms. The minimum Gasteiger partial charge on any atom is -0.383 e. The topological polar surface area (TPSA) is 76.1 Å². The molecule has 0 radical (unpaired) electrons. The predicted octanol–water partition coefficient (Wildman–Crippen LogP) is 2.62. The quantitative estimate of drug-likeness (QED) is 0.791. The maximum absolute atomic E-state index is 12.9. The average Bonchev–Trinajstić information content (AvgIpc) is 2.55. The van der Waals surface area contributed by atoms with Crippen LogP contribution in [0, 0.1) is 0 Å². The summed E-state index contributed by atoms with van der Waals surface area (Å²) < 4.78 is 43.6. The van der Waals surface area contributed by atoms with E-state index >= 15 is 0 Å². The molecule has 24 heavy (non-hydrogen) atoms.